The SMILES string of the molecule is CCC(O)c1cccc(S(=O)(=O)NCC2CCC2)c1. The van der Waals surface area contributed by atoms with E-state index in [4.69, 9.17) is 0 Å². The Labute approximate surface area is 114 Å². The van der Waals surface area contributed by atoms with Gasteiger partial charge < -0.3 is 5.11 Å². The summed E-state index contributed by atoms with van der Waals surface area (Å²) in [6.07, 6.45) is 3.37. The Balaban J connectivity index is 2.10. The first-order chi connectivity index (χ1) is 9.03. The van der Waals surface area contributed by atoms with Crippen molar-refractivity contribution in [3.05, 3.63) is 29.8 Å². The molecule has 2 rings (SSSR count). The maximum absolute atomic E-state index is 12.1. The molecule has 0 aliphatic heterocycles. The second kappa shape index (κ2) is 6.03. The number of rotatable bonds is 6. The average Bonchev–Trinajstić information content (AvgIpc) is 2.36. The standard InChI is InChI=1S/C14H21NO3S/c1-2-14(16)12-7-4-8-13(9-12)19(17,18)15-10-11-5-3-6-11/h4,7-9,11,14-16H,2-3,5-6,10H2,1H3. The number of hydrogen-bond donors (Lipinski definition) is 2. The Hall–Kier alpha value is -0.910. The van der Waals surface area contributed by atoms with Crippen LogP contribution in [0.5, 0.6) is 0 Å². The zero-order chi connectivity index (χ0) is 13.9. The lowest BCUT2D eigenvalue weighted by Gasteiger charge is -2.25. The first kappa shape index (κ1) is 14.5. The van der Waals surface area contributed by atoms with Crippen LogP contribution in [-0.4, -0.2) is 20.1 Å². The Morgan fingerprint density at radius 1 is 1.42 bits per heavy atom. The van der Waals surface area contributed by atoms with Crippen molar-refractivity contribution in [3.8, 4) is 0 Å². The van der Waals surface area contributed by atoms with E-state index in [2.05, 4.69) is 4.72 Å². The molecule has 1 unspecified atom stereocenters. The number of nitrogens with one attached hydrogen (secondary N) is 1. The van der Waals surface area contributed by atoms with Gasteiger partial charge >= 0.3 is 0 Å². The second-order valence-electron chi connectivity index (χ2n) is 5.15. The van der Waals surface area contributed by atoms with Crippen molar-refractivity contribution in [1.29, 1.82) is 0 Å². The highest BCUT2D eigenvalue weighted by Crippen LogP contribution is 2.26. The number of aliphatic hydroxyl groups is 1. The van der Waals surface area contributed by atoms with E-state index in [-0.39, 0.29) is 4.90 Å². The van der Waals surface area contributed by atoms with Gasteiger partial charge in [0.1, 0.15) is 0 Å². The molecule has 5 heteroatoms. The molecule has 2 N–H and O–H groups in total. The van der Waals surface area contributed by atoms with Gasteiger partial charge in [-0.05, 0) is 42.9 Å². The Morgan fingerprint density at radius 2 is 2.16 bits per heavy atom. The minimum absolute atomic E-state index is 0.233. The smallest absolute Gasteiger partial charge is 0.240 e. The van der Waals surface area contributed by atoms with Gasteiger partial charge in [-0.25, -0.2) is 13.1 Å². The van der Waals surface area contributed by atoms with Gasteiger partial charge in [-0.3, -0.25) is 0 Å². The third kappa shape index (κ3) is 3.55. The molecule has 1 aromatic carbocycles. The van der Waals surface area contributed by atoms with Crippen LogP contribution in [0.4, 0.5) is 0 Å². The maximum atomic E-state index is 12.1. The molecule has 0 aromatic heterocycles. The third-order valence-electron chi connectivity index (χ3n) is 3.73. The molecule has 1 fully saturated rings. The van der Waals surface area contributed by atoms with Crippen LogP contribution in [0.2, 0.25) is 0 Å². The van der Waals surface area contributed by atoms with E-state index in [0.717, 1.165) is 12.8 Å². The van der Waals surface area contributed by atoms with Gasteiger partial charge in [-0.2, -0.15) is 0 Å². The van der Waals surface area contributed by atoms with Crippen LogP contribution in [0.15, 0.2) is 29.2 Å². The lowest BCUT2D eigenvalue weighted by molar-refractivity contribution is 0.173. The van der Waals surface area contributed by atoms with E-state index in [1.165, 1.54) is 6.42 Å². The van der Waals surface area contributed by atoms with E-state index in [0.29, 0.717) is 24.4 Å². The van der Waals surface area contributed by atoms with Gasteiger partial charge in [0.2, 0.25) is 10.0 Å². The highest BCUT2D eigenvalue weighted by Gasteiger charge is 2.21. The van der Waals surface area contributed by atoms with Crippen LogP contribution in [0.3, 0.4) is 0 Å². The monoisotopic (exact) mass is 283 g/mol. The molecule has 1 aliphatic carbocycles. The van der Waals surface area contributed by atoms with Crippen molar-refractivity contribution >= 4 is 10.0 Å². The Bertz CT molecular complexity index is 523. The van der Waals surface area contributed by atoms with E-state index in [1.807, 2.05) is 6.92 Å². The predicted molar refractivity (Wildman–Crippen MR) is 74.2 cm³/mol. The number of hydrogen-bond acceptors (Lipinski definition) is 3. The summed E-state index contributed by atoms with van der Waals surface area (Å²) >= 11 is 0. The lowest BCUT2D eigenvalue weighted by Crippen LogP contribution is -2.32. The van der Waals surface area contributed by atoms with E-state index >= 15 is 0 Å². The summed E-state index contributed by atoms with van der Waals surface area (Å²) < 4.78 is 26.9. The molecule has 0 amide bonds. The lowest BCUT2D eigenvalue weighted by atomic mass is 9.86. The minimum Gasteiger partial charge on any atom is -0.388 e. The summed E-state index contributed by atoms with van der Waals surface area (Å²) in [5.41, 5.74) is 0.647. The summed E-state index contributed by atoms with van der Waals surface area (Å²) in [5.74, 6) is 0.485. The second-order valence-corrected chi connectivity index (χ2v) is 6.91. The van der Waals surface area contributed by atoms with E-state index in [9.17, 15) is 13.5 Å². The molecular formula is C14H21NO3S. The first-order valence-electron chi connectivity index (χ1n) is 6.80. The minimum atomic E-state index is -3.46. The molecule has 1 aromatic rings. The van der Waals surface area contributed by atoms with Crippen LogP contribution < -0.4 is 4.72 Å². The van der Waals surface area contributed by atoms with Gasteiger partial charge in [-0.1, -0.05) is 25.5 Å². The van der Waals surface area contributed by atoms with E-state index < -0.39 is 16.1 Å². The molecule has 0 saturated heterocycles. The zero-order valence-electron chi connectivity index (χ0n) is 11.2. The topological polar surface area (TPSA) is 66.4 Å². The number of sulfonamides is 1. The van der Waals surface area contributed by atoms with Gasteiger partial charge in [0, 0.05) is 6.54 Å². The highest BCUT2D eigenvalue weighted by molar-refractivity contribution is 7.89. The van der Waals surface area contributed by atoms with Gasteiger partial charge in [0.15, 0.2) is 0 Å². The van der Waals surface area contributed by atoms with Crippen LogP contribution in [0.25, 0.3) is 0 Å². The summed E-state index contributed by atoms with van der Waals surface area (Å²) in [6.45, 7) is 2.38. The number of aliphatic hydroxyl groups excluding tert-OH is 1. The fraction of sp³-hybridized carbons (Fsp3) is 0.571. The summed E-state index contributed by atoms with van der Waals surface area (Å²) in [5, 5.41) is 9.77. The fourth-order valence-electron chi connectivity index (χ4n) is 2.13. The van der Waals surface area contributed by atoms with Crippen LogP contribution in [-0.2, 0) is 10.0 Å². The Kier molecular flexibility index (Phi) is 4.60. The van der Waals surface area contributed by atoms with E-state index in [1.54, 1.807) is 24.3 Å². The largest absolute Gasteiger partial charge is 0.388 e. The molecule has 1 aliphatic rings. The molecule has 1 atom stereocenters. The number of benzene rings is 1. The quantitative estimate of drug-likeness (QED) is 0.841. The van der Waals surface area contributed by atoms with Crippen molar-refractivity contribution in [1.82, 2.24) is 4.72 Å². The van der Waals surface area contributed by atoms with Crippen molar-refractivity contribution in [2.75, 3.05) is 6.54 Å². The van der Waals surface area contributed by atoms with Crippen LogP contribution in [0.1, 0.15) is 44.3 Å². The highest BCUT2D eigenvalue weighted by atomic mass is 32.2. The van der Waals surface area contributed by atoms with Gasteiger partial charge in [0.05, 0.1) is 11.0 Å². The van der Waals surface area contributed by atoms with Crippen molar-refractivity contribution in [2.24, 2.45) is 5.92 Å². The molecule has 1 saturated carbocycles. The van der Waals surface area contributed by atoms with Gasteiger partial charge in [-0.15, -0.1) is 0 Å². The zero-order valence-corrected chi connectivity index (χ0v) is 12.0. The van der Waals surface area contributed by atoms with Crippen molar-refractivity contribution < 1.29 is 13.5 Å². The third-order valence-corrected chi connectivity index (χ3v) is 5.15. The molecule has 0 bridgehead atoms. The van der Waals surface area contributed by atoms with Crippen LogP contribution in [0, 0.1) is 5.92 Å². The van der Waals surface area contributed by atoms with Crippen molar-refractivity contribution in [2.45, 2.75) is 43.6 Å². The summed E-state index contributed by atoms with van der Waals surface area (Å²) in [4.78, 5) is 0.233. The molecule has 4 nitrogen and oxygen atoms in total. The molecule has 106 valence electrons. The van der Waals surface area contributed by atoms with Crippen molar-refractivity contribution in [3.63, 3.8) is 0 Å². The Morgan fingerprint density at radius 3 is 2.74 bits per heavy atom. The normalized spacial score (nSPS) is 18.0. The maximum Gasteiger partial charge on any atom is 0.240 e. The molecular weight excluding hydrogens is 262 g/mol. The molecule has 0 radical (unpaired) electrons. The molecule has 0 spiro atoms. The predicted octanol–water partition coefficient (Wildman–Crippen LogP) is 2.21. The summed E-state index contributed by atoms with van der Waals surface area (Å²) in [7, 11) is -3.46. The molecule has 19 heavy (non-hydrogen) atoms. The average molecular weight is 283 g/mol. The fourth-order valence-corrected chi connectivity index (χ4v) is 3.30. The van der Waals surface area contributed by atoms with Crippen LogP contribution >= 0.6 is 0 Å². The summed E-state index contributed by atoms with van der Waals surface area (Å²) in [6, 6.07) is 6.54. The molecule has 0 heterocycles. The first-order valence-corrected chi connectivity index (χ1v) is 8.29. The van der Waals surface area contributed by atoms with Gasteiger partial charge in [0.25, 0.3) is 0 Å².